The highest BCUT2D eigenvalue weighted by Crippen LogP contribution is 2.25. The first-order valence-electron chi connectivity index (χ1n) is 6.21. The maximum atomic E-state index is 9.41. The Morgan fingerprint density at radius 1 is 1.47 bits per heavy atom. The summed E-state index contributed by atoms with van der Waals surface area (Å²) < 4.78 is 0.925. The third-order valence-corrected chi connectivity index (χ3v) is 3.83. The predicted octanol–water partition coefficient (Wildman–Crippen LogP) is 2.96. The standard InChI is InChI=1S/C13H19BrN2O/c1-10-3-2-5-16(6-4-10)13-11(9-17)7-12(14)8-15-13/h7-8,10,17H,2-6,9H2,1H3. The van der Waals surface area contributed by atoms with Crippen molar-refractivity contribution >= 4 is 21.7 Å². The SMILES string of the molecule is CC1CCCN(c2ncc(Br)cc2CO)CC1. The Bertz CT molecular complexity index is 384. The van der Waals surface area contributed by atoms with Crippen LogP contribution in [0.3, 0.4) is 0 Å². The highest BCUT2D eigenvalue weighted by atomic mass is 79.9. The molecule has 1 atom stereocenters. The van der Waals surface area contributed by atoms with Gasteiger partial charge in [-0.25, -0.2) is 4.98 Å². The van der Waals surface area contributed by atoms with Gasteiger partial charge in [0.05, 0.1) is 6.61 Å². The van der Waals surface area contributed by atoms with Crippen molar-refractivity contribution in [3.8, 4) is 0 Å². The average molecular weight is 299 g/mol. The molecule has 4 heteroatoms. The van der Waals surface area contributed by atoms with E-state index < -0.39 is 0 Å². The number of hydrogen-bond acceptors (Lipinski definition) is 3. The maximum Gasteiger partial charge on any atom is 0.134 e. The summed E-state index contributed by atoms with van der Waals surface area (Å²) in [5, 5.41) is 9.41. The van der Waals surface area contributed by atoms with E-state index in [1.165, 1.54) is 19.3 Å². The zero-order valence-electron chi connectivity index (χ0n) is 10.2. The van der Waals surface area contributed by atoms with Gasteiger partial charge in [-0.05, 0) is 47.2 Å². The molecule has 0 radical (unpaired) electrons. The molecule has 1 saturated heterocycles. The van der Waals surface area contributed by atoms with E-state index in [1.807, 2.05) is 12.3 Å². The van der Waals surface area contributed by atoms with Crippen LogP contribution >= 0.6 is 15.9 Å². The molecule has 0 aromatic carbocycles. The molecule has 1 aliphatic rings. The van der Waals surface area contributed by atoms with E-state index in [-0.39, 0.29) is 6.61 Å². The molecule has 1 N–H and O–H groups in total. The quantitative estimate of drug-likeness (QED) is 0.912. The van der Waals surface area contributed by atoms with Gasteiger partial charge < -0.3 is 10.0 Å². The maximum absolute atomic E-state index is 9.41. The number of aromatic nitrogens is 1. The van der Waals surface area contributed by atoms with E-state index in [0.717, 1.165) is 34.9 Å². The Kier molecular flexibility index (Phi) is 4.40. The van der Waals surface area contributed by atoms with E-state index in [4.69, 9.17) is 0 Å². The number of rotatable bonds is 2. The predicted molar refractivity (Wildman–Crippen MR) is 73.1 cm³/mol. The van der Waals surface area contributed by atoms with Crippen LogP contribution in [0.25, 0.3) is 0 Å². The summed E-state index contributed by atoms with van der Waals surface area (Å²) >= 11 is 3.39. The van der Waals surface area contributed by atoms with Crippen molar-refractivity contribution in [2.24, 2.45) is 5.92 Å². The Hall–Kier alpha value is -0.610. The number of nitrogens with zero attached hydrogens (tertiary/aromatic N) is 2. The van der Waals surface area contributed by atoms with Crippen LogP contribution in [0.5, 0.6) is 0 Å². The van der Waals surface area contributed by atoms with Crippen LogP contribution in [0.15, 0.2) is 16.7 Å². The first-order valence-corrected chi connectivity index (χ1v) is 7.00. The summed E-state index contributed by atoms with van der Waals surface area (Å²) in [5.41, 5.74) is 0.911. The van der Waals surface area contributed by atoms with Gasteiger partial charge in [0.1, 0.15) is 5.82 Å². The molecule has 0 saturated carbocycles. The Morgan fingerprint density at radius 3 is 3.06 bits per heavy atom. The largest absolute Gasteiger partial charge is 0.392 e. The Balaban J connectivity index is 2.20. The monoisotopic (exact) mass is 298 g/mol. The van der Waals surface area contributed by atoms with Gasteiger partial charge in [0.25, 0.3) is 0 Å². The number of anilines is 1. The van der Waals surface area contributed by atoms with Crippen molar-refractivity contribution in [2.45, 2.75) is 32.8 Å². The fraction of sp³-hybridized carbons (Fsp3) is 0.615. The van der Waals surface area contributed by atoms with Gasteiger partial charge in [0.2, 0.25) is 0 Å². The van der Waals surface area contributed by atoms with Crippen LogP contribution in [-0.2, 0) is 6.61 Å². The molecule has 1 aliphatic heterocycles. The molecule has 0 bridgehead atoms. The molecule has 0 amide bonds. The molecule has 1 aromatic rings. The summed E-state index contributed by atoms with van der Waals surface area (Å²) in [6.45, 7) is 4.45. The molecule has 1 aromatic heterocycles. The summed E-state index contributed by atoms with van der Waals surface area (Å²) in [6.07, 6.45) is 5.52. The lowest BCUT2D eigenvalue weighted by molar-refractivity contribution is 0.281. The van der Waals surface area contributed by atoms with E-state index in [0.29, 0.717) is 0 Å². The van der Waals surface area contributed by atoms with Crippen LogP contribution in [0.1, 0.15) is 31.7 Å². The first-order chi connectivity index (χ1) is 8.20. The number of aliphatic hydroxyl groups is 1. The second kappa shape index (κ2) is 5.83. The lowest BCUT2D eigenvalue weighted by Gasteiger charge is -2.23. The van der Waals surface area contributed by atoms with E-state index in [2.05, 4.69) is 32.7 Å². The van der Waals surface area contributed by atoms with Gasteiger partial charge in [0, 0.05) is 29.3 Å². The van der Waals surface area contributed by atoms with Crippen molar-refractivity contribution in [2.75, 3.05) is 18.0 Å². The minimum Gasteiger partial charge on any atom is -0.392 e. The van der Waals surface area contributed by atoms with Crippen LogP contribution < -0.4 is 4.90 Å². The smallest absolute Gasteiger partial charge is 0.134 e. The van der Waals surface area contributed by atoms with Crippen molar-refractivity contribution in [3.05, 3.63) is 22.3 Å². The topological polar surface area (TPSA) is 36.4 Å². The van der Waals surface area contributed by atoms with Gasteiger partial charge in [-0.1, -0.05) is 6.92 Å². The lowest BCUT2D eigenvalue weighted by Crippen LogP contribution is -2.26. The average Bonchev–Trinajstić information content (AvgIpc) is 2.54. The summed E-state index contributed by atoms with van der Waals surface area (Å²) in [7, 11) is 0. The van der Waals surface area contributed by atoms with Gasteiger partial charge in [0.15, 0.2) is 0 Å². The molecular weight excluding hydrogens is 280 g/mol. The normalized spacial score (nSPS) is 21.4. The molecule has 1 fully saturated rings. The number of halogens is 1. The van der Waals surface area contributed by atoms with Crippen LogP contribution in [0.2, 0.25) is 0 Å². The lowest BCUT2D eigenvalue weighted by atomic mass is 10.0. The summed E-state index contributed by atoms with van der Waals surface area (Å²) in [5.74, 6) is 1.75. The van der Waals surface area contributed by atoms with E-state index >= 15 is 0 Å². The zero-order valence-corrected chi connectivity index (χ0v) is 11.8. The van der Waals surface area contributed by atoms with Gasteiger partial charge in [-0.2, -0.15) is 0 Å². The van der Waals surface area contributed by atoms with Crippen molar-refractivity contribution in [1.29, 1.82) is 0 Å². The third kappa shape index (κ3) is 3.19. The molecule has 17 heavy (non-hydrogen) atoms. The molecular formula is C13H19BrN2O. The second-order valence-corrected chi connectivity index (χ2v) is 5.73. The third-order valence-electron chi connectivity index (χ3n) is 3.40. The Morgan fingerprint density at radius 2 is 2.29 bits per heavy atom. The molecule has 0 spiro atoms. The van der Waals surface area contributed by atoms with E-state index in [1.54, 1.807) is 0 Å². The van der Waals surface area contributed by atoms with Crippen molar-refractivity contribution in [1.82, 2.24) is 4.98 Å². The fourth-order valence-corrected chi connectivity index (χ4v) is 2.73. The molecule has 2 heterocycles. The van der Waals surface area contributed by atoms with Crippen LogP contribution in [0, 0.1) is 5.92 Å². The van der Waals surface area contributed by atoms with Crippen LogP contribution in [-0.4, -0.2) is 23.2 Å². The summed E-state index contributed by atoms with van der Waals surface area (Å²) in [6, 6.07) is 1.96. The summed E-state index contributed by atoms with van der Waals surface area (Å²) in [4.78, 5) is 6.77. The minimum absolute atomic E-state index is 0.0494. The molecule has 0 aliphatic carbocycles. The Labute approximate surface area is 111 Å². The van der Waals surface area contributed by atoms with Gasteiger partial charge in [-0.3, -0.25) is 0 Å². The molecule has 1 unspecified atom stereocenters. The molecule has 2 rings (SSSR count). The molecule has 3 nitrogen and oxygen atoms in total. The molecule has 94 valence electrons. The number of hydrogen-bond donors (Lipinski definition) is 1. The minimum atomic E-state index is 0.0494. The van der Waals surface area contributed by atoms with Crippen LogP contribution in [0.4, 0.5) is 5.82 Å². The van der Waals surface area contributed by atoms with Gasteiger partial charge >= 0.3 is 0 Å². The van der Waals surface area contributed by atoms with Crippen molar-refractivity contribution < 1.29 is 5.11 Å². The van der Waals surface area contributed by atoms with E-state index in [9.17, 15) is 5.11 Å². The second-order valence-electron chi connectivity index (χ2n) is 4.82. The highest BCUT2D eigenvalue weighted by molar-refractivity contribution is 9.10. The highest BCUT2D eigenvalue weighted by Gasteiger charge is 2.17. The van der Waals surface area contributed by atoms with Crippen molar-refractivity contribution in [3.63, 3.8) is 0 Å². The fourth-order valence-electron chi connectivity index (χ4n) is 2.35. The first kappa shape index (κ1) is 12.8. The zero-order chi connectivity index (χ0) is 12.3. The van der Waals surface area contributed by atoms with Gasteiger partial charge in [-0.15, -0.1) is 0 Å². The number of aliphatic hydroxyl groups excluding tert-OH is 1. The number of pyridine rings is 1.